The van der Waals surface area contributed by atoms with E-state index in [1.54, 1.807) is 0 Å². The van der Waals surface area contributed by atoms with Crippen LogP contribution in [-0.4, -0.2) is 49.5 Å². The van der Waals surface area contributed by atoms with Gasteiger partial charge in [0.2, 0.25) is 10.0 Å². The van der Waals surface area contributed by atoms with Crippen LogP contribution >= 0.6 is 11.6 Å². The van der Waals surface area contributed by atoms with E-state index in [0.29, 0.717) is 25.6 Å². The van der Waals surface area contributed by atoms with Crippen molar-refractivity contribution in [2.45, 2.75) is 56.4 Å². The van der Waals surface area contributed by atoms with Crippen LogP contribution in [0.4, 0.5) is 0 Å². The van der Waals surface area contributed by atoms with Gasteiger partial charge in [0, 0.05) is 31.1 Å². The number of sulfonamides is 1. The van der Waals surface area contributed by atoms with E-state index in [-0.39, 0.29) is 27.3 Å². The van der Waals surface area contributed by atoms with Gasteiger partial charge >= 0.3 is 0 Å². The minimum Gasteiger partial charge on any atom is -0.393 e. The van der Waals surface area contributed by atoms with E-state index in [9.17, 15) is 18.3 Å². The number of aliphatic hydroxyl groups is 1. The van der Waals surface area contributed by atoms with Gasteiger partial charge in [0.05, 0.1) is 11.1 Å². The maximum Gasteiger partial charge on any atom is 0.251 e. The maximum atomic E-state index is 13.1. The van der Waals surface area contributed by atoms with Crippen LogP contribution in [-0.2, 0) is 10.0 Å². The summed E-state index contributed by atoms with van der Waals surface area (Å²) in [5, 5.41) is 13.0. The van der Waals surface area contributed by atoms with Crippen LogP contribution in [0.2, 0.25) is 5.02 Å². The Bertz CT molecular complexity index is 814. The summed E-state index contributed by atoms with van der Waals surface area (Å²) in [6.07, 6.45) is 5.15. The van der Waals surface area contributed by atoms with Crippen molar-refractivity contribution in [2.75, 3.05) is 19.6 Å². The number of carbonyl (C=O) groups is 1. The first-order valence-corrected chi connectivity index (χ1v) is 11.9. The first kappa shape index (κ1) is 21.6. The summed E-state index contributed by atoms with van der Waals surface area (Å²) < 4.78 is 27.6. The van der Waals surface area contributed by atoms with Crippen molar-refractivity contribution in [1.29, 1.82) is 0 Å². The Morgan fingerprint density at radius 2 is 2.00 bits per heavy atom. The normalized spacial score (nSPS) is 26.8. The SMILES string of the molecule is C[C@@H]1CCCN(S(=O)(=O)c2cc(C(=O)NC[C@H]3CCCC[C@H]3O)ccc2Cl)C1. The molecule has 6 nitrogen and oxygen atoms in total. The van der Waals surface area contributed by atoms with Crippen molar-refractivity contribution in [2.24, 2.45) is 11.8 Å². The van der Waals surface area contributed by atoms with Crippen LogP contribution in [0.3, 0.4) is 0 Å². The molecule has 156 valence electrons. The molecule has 0 radical (unpaired) electrons. The molecule has 1 saturated carbocycles. The highest BCUT2D eigenvalue weighted by Gasteiger charge is 2.31. The van der Waals surface area contributed by atoms with Crippen LogP contribution in [0.5, 0.6) is 0 Å². The Kier molecular flexibility index (Phi) is 7.02. The van der Waals surface area contributed by atoms with E-state index >= 15 is 0 Å². The van der Waals surface area contributed by atoms with Gasteiger partial charge in [-0.1, -0.05) is 31.4 Å². The van der Waals surface area contributed by atoms with Crippen molar-refractivity contribution in [3.63, 3.8) is 0 Å². The largest absolute Gasteiger partial charge is 0.393 e. The topological polar surface area (TPSA) is 86.7 Å². The predicted octanol–water partition coefficient (Wildman–Crippen LogP) is 3.04. The molecule has 8 heteroatoms. The fraction of sp³-hybridized carbons (Fsp3) is 0.650. The Hall–Kier alpha value is -1.15. The van der Waals surface area contributed by atoms with Gasteiger partial charge < -0.3 is 10.4 Å². The first-order chi connectivity index (χ1) is 13.3. The lowest BCUT2D eigenvalue weighted by Crippen LogP contribution is -2.39. The molecule has 1 heterocycles. The average molecular weight is 429 g/mol. The second kappa shape index (κ2) is 9.11. The molecule has 1 aromatic carbocycles. The van der Waals surface area contributed by atoms with Crippen molar-refractivity contribution >= 4 is 27.5 Å². The molecular formula is C20H29ClN2O4S. The lowest BCUT2D eigenvalue weighted by Gasteiger charge is -2.30. The molecule has 1 aromatic rings. The number of hydrogen-bond donors (Lipinski definition) is 2. The molecule has 0 bridgehead atoms. The molecule has 1 saturated heterocycles. The van der Waals surface area contributed by atoms with Gasteiger partial charge in [-0.25, -0.2) is 8.42 Å². The minimum absolute atomic E-state index is 0.0198. The average Bonchev–Trinajstić information content (AvgIpc) is 2.67. The van der Waals surface area contributed by atoms with Crippen molar-refractivity contribution in [3.05, 3.63) is 28.8 Å². The van der Waals surface area contributed by atoms with Gasteiger partial charge in [-0.15, -0.1) is 0 Å². The van der Waals surface area contributed by atoms with E-state index in [1.165, 1.54) is 22.5 Å². The highest BCUT2D eigenvalue weighted by Crippen LogP contribution is 2.29. The molecule has 0 unspecified atom stereocenters. The number of rotatable bonds is 5. The van der Waals surface area contributed by atoms with E-state index < -0.39 is 16.1 Å². The maximum absolute atomic E-state index is 13.1. The van der Waals surface area contributed by atoms with Crippen molar-refractivity contribution in [1.82, 2.24) is 9.62 Å². The summed E-state index contributed by atoms with van der Waals surface area (Å²) in [5.41, 5.74) is 0.262. The number of amides is 1. The molecule has 1 aliphatic heterocycles. The van der Waals surface area contributed by atoms with Crippen molar-refractivity contribution in [3.8, 4) is 0 Å². The number of hydrogen-bond acceptors (Lipinski definition) is 4. The van der Waals surface area contributed by atoms with Crippen LogP contribution < -0.4 is 5.32 Å². The Labute approximate surface area is 172 Å². The van der Waals surface area contributed by atoms with Gasteiger partial charge in [-0.05, 0) is 49.8 Å². The lowest BCUT2D eigenvalue weighted by molar-refractivity contribution is 0.0663. The van der Waals surface area contributed by atoms with Crippen LogP contribution in [0.1, 0.15) is 55.8 Å². The third kappa shape index (κ3) is 4.87. The van der Waals surface area contributed by atoms with Gasteiger partial charge in [0.15, 0.2) is 0 Å². The zero-order chi connectivity index (χ0) is 20.3. The first-order valence-electron chi connectivity index (χ1n) is 10.0. The molecule has 2 N–H and O–H groups in total. The summed E-state index contributed by atoms with van der Waals surface area (Å²) in [4.78, 5) is 12.5. The van der Waals surface area contributed by atoms with E-state index in [2.05, 4.69) is 5.32 Å². The number of halogens is 1. The molecule has 0 spiro atoms. The second-order valence-corrected chi connectivity index (χ2v) is 10.4. The van der Waals surface area contributed by atoms with E-state index in [4.69, 9.17) is 11.6 Å². The third-order valence-corrected chi connectivity index (χ3v) is 8.17. The Morgan fingerprint density at radius 1 is 1.25 bits per heavy atom. The zero-order valence-electron chi connectivity index (χ0n) is 16.2. The molecule has 1 amide bonds. The van der Waals surface area contributed by atoms with Gasteiger partial charge in [-0.2, -0.15) is 4.31 Å². The fourth-order valence-corrected chi connectivity index (χ4v) is 6.20. The smallest absolute Gasteiger partial charge is 0.251 e. The molecular weight excluding hydrogens is 400 g/mol. The van der Waals surface area contributed by atoms with Gasteiger partial charge in [-0.3, -0.25) is 4.79 Å². The number of nitrogens with one attached hydrogen (secondary N) is 1. The summed E-state index contributed by atoms with van der Waals surface area (Å²) in [7, 11) is -3.74. The summed E-state index contributed by atoms with van der Waals surface area (Å²) >= 11 is 6.19. The van der Waals surface area contributed by atoms with Crippen molar-refractivity contribution < 1.29 is 18.3 Å². The monoisotopic (exact) mass is 428 g/mol. The molecule has 3 atom stereocenters. The molecule has 2 aliphatic rings. The molecule has 3 rings (SSSR count). The summed E-state index contributed by atoms with van der Waals surface area (Å²) in [6.45, 7) is 3.36. The number of nitrogens with zero attached hydrogens (tertiary/aromatic N) is 1. The second-order valence-electron chi connectivity index (χ2n) is 8.08. The standard InChI is InChI=1S/C20H29ClN2O4S/c1-14-5-4-10-23(13-14)28(26,27)19-11-15(8-9-17(19)21)20(25)22-12-16-6-2-3-7-18(16)24/h8-9,11,14,16,18,24H,2-7,10,12-13H2,1H3,(H,22,25)/t14-,16-,18-/m1/s1. The van der Waals surface area contributed by atoms with Crippen LogP contribution in [0, 0.1) is 11.8 Å². The summed E-state index contributed by atoms with van der Waals surface area (Å²) in [6, 6.07) is 4.36. The highest BCUT2D eigenvalue weighted by molar-refractivity contribution is 7.89. The number of piperidine rings is 1. The van der Waals surface area contributed by atoms with E-state index in [0.717, 1.165) is 38.5 Å². The number of benzene rings is 1. The molecule has 2 fully saturated rings. The lowest BCUT2D eigenvalue weighted by atomic mass is 9.86. The third-order valence-electron chi connectivity index (χ3n) is 5.82. The van der Waals surface area contributed by atoms with Gasteiger partial charge in [0.1, 0.15) is 4.90 Å². The molecule has 28 heavy (non-hydrogen) atoms. The van der Waals surface area contributed by atoms with Crippen LogP contribution in [0.25, 0.3) is 0 Å². The fourth-order valence-electron chi connectivity index (χ4n) is 4.10. The number of carbonyl (C=O) groups excluding carboxylic acids is 1. The highest BCUT2D eigenvalue weighted by atomic mass is 35.5. The minimum atomic E-state index is -3.74. The van der Waals surface area contributed by atoms with Crippen LogP contribution in [0.15, 0.2) is 23.1 Å². The molecule has 0 aromatic heterocycles. The predicted molar refractivity (Wildman–Crippen MR) is 109 cm³/mol. The number of aliphatic hydroxyl groups excluding tert-OH is 1. The summed E-state index contributed by atoms with van der Waals surface area (Å²) in [5.74, 6) is -0.00311. The van der Waals surface area contributed by atoms with E-state index in [1.807, 2.05) is 6.92 Å². The van der Waals surface area contributed by atoms with Gasteiger partial charge in [0.25, 0.3) is 5.91 Å². The zero-order valence-corrected chi connectivity index (χ0v) is 17.8. The Morgan fingerprint density at radius 3 is 2.71 bits per heavy atom. The quantitative estimate of drug-likeness (QED) is 0.754. The Balaban J connectivity index is 1.74. The molecule has 1 aliphatic carbocycles.